The number of carbonyl (C=O) groups excluding carboxylic acids is 1. The van der Waals surface area contributed by atoms with Crippen LogP contribution in [0.4, 0.5) is 13.2 Å². The van der Waals surface area contributed by atoms with Crippen LogP contribution in [0.15, 0.2) is 18.2 Å². The summed E-state index contributed by atoms with van der Waals surface area (Å²) < 4.78 is 42.5. The SMILES string of the molecule is O=C(c1nn(C2CCC(C(=O)O)CC2)c2c1CCCC2)c1c(Cl)cccc1C(F)(F)F. The molecule has 2 aliphatic rings. The number of alkyl halides is 3. The van der Waals surface area contributed by atoms with Gasteiger partial charge in [0.05, 0.1) is 28.1 Å². The number of hydrogen-bond donors (Lipinski definition) is 1. The lowest BCUT2D eigenvalue weighted by molar-refractivity contribution is -0.143. The largest absolute Gasteiger partial charge is 0.481 e. The molecule has 1 aromatic carbocycles. The molecule has 0 radical (unpaired) electrons. The molecule has 0 spiro atoms. The number of ketones is 1. The zero-order valence-corrected chi connectivity index (χ0v) is 17.5. The minimum atomic E-state index is -4.71. The van der Waals surface area contributed by atoms with Crippen molar-refractivity contribution in [1.82, 2.24) is 9.78 Å². The highest BCUT2D eigenvalue weighted by Crippen LogP contribution is 2.39. The highest BCUT2D eigenvalue weighted by molar-refractivity contribution is 6.35. The Morgan fingerprint density at radius 1 is 1.10 bits per heavy atom. The Morgan fingerprint density at radius 3 is 2.42 bits per heavy atom. The van der Waals surface area contributed by atoms with Gasteiger partial charge in [0.2, 0.25) is 5.78 Å². The molecule has 5 nitrogen and oxygen atoms in total. The van der Waals surface area contributed by atoms with E-state index in [1.807, 2.05) is 0 Å². The third-order valence-electron chi connectivity index (χ3n) is 6.36. The van der Waals surface area contributed by atoms with Crippen LogP contribution in [0.1, 0.15) is 77.4 Å². The molecule has 0 bridgehead atoms. The van der Waals surface area contributed by atoms with Crippen LogP contribution in [0.25, 0.3) is 0 Å². The van der Waals surface area contributed by atoms with Gasteiger partial charge >= 0.3 is 12.1 Å². The molecule has 166 valence electrons. The van der Waals surface area contributed by atoms with Crippen LogP contribution >= 0.6 is 11.6 Å². The van der Waals surface area contributed by atoms with Crippen molar-refractivity contribution < 1.29 is 27.9 Å². The number of carbonyl (C=O) groups is 2. The number of fused-ring (bicyclic) bond motifs is 1. The first kappa shape index (κ1) is 21.9. The fraction of sp³-hybridized carbons (Fsp3) is 0.500. The smallest absolute Gasteiger partial charge is 0.417 e. The van der Waals surface area contributed by atoms with Gasteiger partial charge < -0.3 is 5.11 Å². The van der Waals surface area contributed by atoms with Gasteiger partial charge in [0.1, 0.15) is 5.69 Å². The first-order chi connectivity index (χ1) is 14.7. The number of hydrogen-bond acceptors (Lipinski definition) is 3. The standard InChI is InChI=1S/C22H22ClF3N2O3/c23-16-6-3-5-15(22(24,25)26)18(16)20(29)19-14-4-1-2-7-17(14)28(27-19)13-10-8-12(9-11-13)21(30)31/h3,5-6,12-13H,1-2,4,7-11H2,(H,30,31). The number of nitrogens with zero attached hydrogens (tertiary/aromatic N) is 2. The number of benzene rings is 1. The minimum Gasteiger partial charge on any atom is -0.481 e. The van der Waals surface area contributed by atoms with E-state index in [4.69, 9.17) is 11.6 Å². The third kappa shape index (κ3) is 4.10. The molecule has 0 atom stereocenters. The van der Waals surface area contributed by atoms with Crippen LogP contribution in [-0.4, -0.2) is 26.6 Å². The minimum absolute atomic E-state index is 0.0358. The molecule has 9 heteroatoms. The number of halogens is 4. The monoisotopic (exact) mass is 454 g/mol. The molecular weight excluding hydrogens is 433 g/mol. The zero-order valence-electron chi connectivity index (χ0n) is 16.7. The summed E-state index contributed by atoms with van der Waals surface area (Å²) in [7, 11) is 0. The molecule has 1 aromatic heterocycles. The van der Waals surface area contributed by atoms with E-state index in [0.717, 1.165) is 24.6 Å². The molecule has 0 saturated heterocycles. The van der Waals surface area contributed by atoms with Crippen LogP contribution in [-0.2, 0) is 23.8 Å². The van der Waals surface area contributed by atoms with E-state index < -0.39 is 29.1 Å². The highest BCUT2D eigenvalue weighted by Gasteiger charge is 2.39. The number of aliphatic carboxylic acids is 1. The maximum absolute atomic E-state index is 13.6. The molecule has 0 aliphatic heterocycles. The summed E-state index contributed by atoms with van der Waals surface area (Å²) >= 11 is 6.05. The van der Waals surface area contributed by atoms with E-state index in [9.17, 15) is 27.9 Å². The maximum Gasteiger partial charge on any atom is 0.417 e. The van der Waals surface area contributed by atoms with Gasteiger partial charge in [0, 0.05) is 11.3 Å². The van der Waals surface area contributed by atoms with Crippen LogP contribution < -0.4 is 0 Å². The fourth-order valence-electron chi connectivity index (χ4n) is 4.79. The Morgan fingerprint density at radius 2 is 1.77 bits per heavy atom. The van der Waals surface area contributed by atoms with E-state index in [1.165, 1.54) is 12.1 Å². The van der Waals surface area contributed by atoms with Gasteiger partial charge in [-0.15, -0.1) is 0 Å². The summed E-state index contributed by atoms with van der Waals surface area (Å²) in [6, 6.07) is 3.25. The van der Waals surface area contributed by atoms with Crippen molar-refractivity contribution >= 4 is 23.4 Å². The fourth-order valence-corrected chi connectivity index (χ4v) is 5.05. The quantitative estimate of drug-likeness (QED) is 0.621. The number of carboxylic acids is 1. The van der Waals surface area contributed by atoms with Crippen LogP contribution in [0.2, 0.25) is 5.02 Å². The molecule has 1 fully saturated rings. The summed E-state index contributed by atoms with van der Waals surface area (Å²) in [5.41, 5.74) is -0.0114. The average Bonchev–Trinajstić information content (AvgIpc) is 3.12. The van der Waals surface area contributed by atoms with E-state index in [2.05, 4.69) is 5.10 Å². The van der Waals surface area contributed by atoms with E-state index >= 15 is 0 Å². The Balaban J connectivity index is 1.74. The highest BCUT2D eigenvalue weighted by atomic mass is 35.5. The van der Waals surface area contributed by atoms with E-state index in [1.54, 1.807) is 4.68 Å². The van der Waals surface area contributed by atoms with Crippen molar-refractivity contribution in [2.45, 2.75) is 63.6 Å². The van der Waals surface area contributed by atoms with E-state index in [-0.39, 0.29) is 22.7 Å². The van der Waals surface area contributed by atoms with Gasteiger partial charge in [-0.25, -0.2) is 0 Å². The summed E-state index contributed by atoms with van der Waals surface area (Å²) in [5, 5.41) is 13.5. The van der Waals surface area contributed by atoms with Crippen LogP contribution in [0, 0.1) is 5.92 Å². The molecule has 2 aromatic rings. The first-order valence-corrected chi connectivity index (χ1v) is 10.8. The molecule has 1 heterocycles. The molecule has 1 N–H and O–H groups in total. The second-order valence-corrected chi connectivity index (χ2v) is 8.67. The van der Waals surface area contributed by atoms with Gasteiger partial charge in [-0.1, -0.05) is 17.7 Å². The van der Waals surface area contributed by atoms with Gasteiger partial charge in [-0.2, -0.15) is 18.3 Å². The maximum atomic E-state index is 13.6. The van der Waals surface area contributed by atoms with Crippen LogP contribution in [0.3, 0.4) is 0 Å². The van der Waals surface area contributed by atoms with Gasteiger partial charge in [0.25, 0.3) is 0 Å². The molecule has 1 saturated carbocycles. The van der Waals surface area contributed by atoms with Crippen molar-refractivity contribution in [1.29, 1.82) is 0 Å². The Kier molecular flexibility index (Phi) is 5.85. The predicted molar refractivity (Wildman–Crippen MR) is 107 cm³/mol. The van der Waals surface area contributed by atoms with Crippen molar-refractivity contribution in [3.63, 3.8) is 0 Å². The summed E-state index contributed by atoms with van der Waals surface area (Å²) in [5.74, 6) is -2.01. The normalized spacial score (nSPS) is 21.5. The Hall–Kier alpha value is -2.35. The van der Waals surface area contributed by atoms with Gasteiger partial charge in [-0.05, 0) is 63.5 Å². The van der Waals surface area contributed by atoms with Crippen molar-refractivity contribution in [2.75, 3.05) is 0 Å². The number of carboxylic acid groups (broad SMARTS) is 1. The lowest BCUT2D eigenvalue weighted by Gasteiger charge is -2.28. The van der Waals surface area contributed by atoms with Crippen molar-refractivity contribution in [2.24, 2.45) is 5.92 Å². The Bertz CT molecular complexity index is 1020. The molecule has 31 heavy (non-hydrogen) atoms. The second-order valence-electron chi connectivity index (χ2n) is 8.26. The summed E-state index contributed by atoms with van der Waals surface area (Å²) in [4.78, 5) is 24.6. The lowest BCUT2D eigenvalue weighted by atomic mass is 9.85. The zero-order chi connectivity index (χ0) is 22.3. The van der Waals surface area contributed by atoms with Gasteiger partial charge in [-0.3, -0.25) is 14.3 Å². The topological polar surface area (TPSA) is 72.2 Å². The van der Waals surface area contributed by atoms with Crippen molar-refractivity contribution in [3.8, 4) is 0 Å². The summed E-state index contributed by atoms with van der Waals surface area (Å²) in [6.45, 7) is 0. The number of aromatic nitrogens is 2. The molecule has 0 amide bonds. The molecule has 0 unspecified atom stereocenters. The summed E-state index contributed by atoms with van der Waals surface area (Å²) in [6.07, 6.45) is 0.554. The average molecular weight is 455 g/mol. The molecule has 2 aliphatic carbocycles. The number of rotatable bonds is 4. The van der Waals surface area contributed by atoms with Crippen LogP contribution in [0.5, 0.6) is 0 Å². The third-order valence-corrected chi connectivity index (χ3v) is 6.68. The second kappa shape index (κ2) is 8.30. The predicted octanol–water partition coefficient (Wildman–Crippen LogP) is 5.48. The molecular formula is C22H22ClF3N2O3. The van der Waals surface area contributed by atoms with Crippen molar-refractivity contribution in [3.05, 3.63) is 51.3 Å². The Labute approximate surface area is 182 Å². The first-order valence-electron chi connectivity index (χ1n) is 10.4. The molecule has 4 rings (SSSR count). The lowest BCUT2D eigenvalue weighted by Crippen LogP contribution is -2.25. The van der Waals surface area contributed by atoms with Gasteiger partial charge in [0.15, 0.2) is 0 Å². The van der Waals surface area contributed by atoms with E-state index in [0.29, 0.717) is 44.1 Å².